The summed E-state index contributed by atoms with van der Waals surface area (Å²) in [6.07, 6.45) is 6.77. The SMILES string of the molecule is COc1ccc(OC)c([C@@H](C(=O)NC2CCCCC2)N(C[C@H]2CCCO2)C(=O)Cn2nnc3ccccc32)c1. The number of hydrogen-bond donors (Lipinski definition) is 1. The van der Waals surface area contributed by atoms with Crippen molar-refractivity contribution < 1.29 is 23.8 Å². The molecule has 208 valence electrons. The molecule has 0 unspecified atom stereocenters. The van der Waals surface area contributed by atoms with Crippen LogP contribution in [0.2, 0.25) is 0 Å². The maximum absolute atomic E-state index is 14.1. The first kappa shape index (κ1) is 26.9. The summed E-state index contributed by atoms with van der Waals surface area (Å²) >= 11 is 0. The second-order valence-corrected chi connectivity index (χ2v) is 10.3. The molecule has 0 radical (unpaired) electrons. The molecule has 10 nitrogen and oxygen atoms in total. The van der Waals surface area contributed by atoms with Gasteiger partial charge in [0.05, 0.1) is 25.8 Å². The molecule has 2 fully saturated rings. The second kappa shape index (κ2) is 12.5. The predicted molar refractivity (Wildman–Crippen MR) is 146 cm³/mol. The minimum absolute atomic E-state index is 0.0628. The Balaban J connectivity index is 1.54. The average molecular weight is 536 g/mol. The zero-order valence-corrected chi connectivity index (χ0v) is 22.7. The molecule has 39 heavy (non-hydrogen) atoms. The number of aromatic nitrogens is 3. The van der Waals surface area contributed by atoms with Gasteiger partial charge in [0, 0.05) is 24.8 Å². The van der Waals surface area contributed by atoms with Gasteiger partial charge >= 0.3 is 0 Å². The summed E-state index contributed by atoms with van der Waals surface area (Å²) in [5.74, 6) is 0.599. The number of carbonyl (C=O) groups excluding carboxylic acids is 2. The van der Waals surface area contributed by atoms with Crippen molar-refractivity contribution in [2.75, 3.05) is 27.4 Å². The van der Waals surface area contributed by atoms with Crippen molar-refractivity contribution in [2.45, 2.75) is 69.7 Å². The maximum atomic E-state index is 14.1. The Morgan fingerprint density at radius 3 is 2.64 bits per heavy atom. The fourth-order valence-electron chi connectivity index (χ4n) is 5.64. The number of rotatable bonds is 10. The van der Waals surface area contributed by atoms with Crippen molar-refractivity contribution in [3.05, 3.63) is 48.0 Å². The monoisotopic (exact) mass is 535 g/mol. The number of fused-ring (bicyclic) bond motifs is 1. The molecular weight excluding hydrogens is 498 g/mol. The Kier molecular flexibility index (Phi) is 8.61. The summed E-state index contributed by atoms with van der Waals surface area (Å²) in [4.78, 5) is 29.9. The molecule has 1 N–H and O–H groups in total. The van der Waals surface area contributed by atoms with Crippen LogP contribution < -0.4 is 14.8 Å². The van der Waals surface area contributed by atoms with Gasteiger partial charge in [-0.2, -0.15) is 0 Å². The van der Waals surface area contributed by atoms with E-state index in [1.165, 1.54) is 6.42 Å². The quantitative estimate of drug-likeness (QED) is 0.422. The van der Waals surface area contributed by atoms with Crippen molar-refractivity contribution in [3.63, 3.8) is 0 Å². The van der Waals surface area contributed by atoms with Gasteiger partial charge in [-0.25, -0.2) is 4.68 Å². The van der Waals surface area contributed by atoms with E-state index in [1.54, 1.807) is 42.0 Å². The number of nitrogens with one attached hydrogen (secondary N) is 1. The van der Waals surface area contributed by atoms with Crippen molar-refractivity contribution in [3.8, 4) is 11.5 Å². The third kappa shape index (κ3) is 6.16. The number of nitrogens with zero attached hydrogens (tertiary/aromatic N) is 4. The van der Waals surface area contributed by atoms with Gasteiger partial charge in [-0.05, 0) is 56.0 Å². The molecule has 0 spiro atoms. The van der Waals surface area contributed by atoms with Gasteiger partial charge < -0.3 is 24.4 Å². The molecule has 2 heterocycles. The molecule has 1 aromatic heterocycles. The van der Waals surface area contributed by atoms with E-state index in [4.69, 9.17) is 14.2 Å². The van der Waals surface area contributed by atoms with Gasteiger partial charge in [-0.1, -0.05) is 36.6 Å². The lowest BCUT2D eigenvalue weighted by Crippen LogP contribution is -2.50. The van der Waals surface area contributed by atoms with Crippen LogP contribution in [-0.4, -0.2) is 71.2 Å². The predicted octanol–water partition coefficient (Wildman–Crippen LogP) is 3.65. The van der Waals surface area contributed by atoms with Gasteiger partial charge in [0.15, 0.2) is 0 Å². The average Bonchev–Trinajstić information content (AvgIpc) is 3.63. The third-order valence-electron chi connectivity index (χ3n) is 7.69. The molecular formula is C29H37N5O5. The van der Waals surface area contributed by atoms with Crippen LogP contribution in [0, 0.1) is 0 Å². The van der Waals surface area contributed by atoms with E-state index in [0.29, 0.717) is 29.2 Å². The van der Waals surface area contributed by atoms with Crippen LogP contribution >= 0.6 is 0 Å². The number of methoxy groups -OCH3 is 2. The Bertz CT molecular complexity index is 1280. The third-order valence-corrected chi connectivity index (χ3v) is 7.69. The van der Waals surface area contributed by atoms with Crippen LogP contribution in [0.3, 0.4) is 0 Å². The summed E-state index contributed by atoms with van der Waals surface area (Å²) in [5, 5.41) is 11.7. The Labute approximate surface area is 228 Å². The van der Waals surface area contributed by atoms with Crippen molar-refractivity contribution in [1.82, 2.24) is 25.2 Å². The van der Waals surface area contributed by atoms with Crippen LogP contribution in [0.4, 0.5) is 0 Å². The lowest BCUT2D eigenvalue weighted by molar-refractivity contribution is -0.143. The largest absolute Gasteiger partial charge is 0.497 e. The maximum Gasteiger partial charge on any atom is 0.247 e. The number of benzene rings is 2. The molecule has 10 heteroatoms. The molecule has 1 saturated heterocycles. The first-order chi connectivity index (χ1) is 19.1. The lowest BCUT2D eigenvalue weighted by Gasteiger charge is -2.35. The van der Waals surface area contributed by atoms with Gasteiger partial charge in [-0.3, -0.25) is 9.59 Å². The molecule has 2 atom stereocenters. The smallest absolute Gasteiger partial charge is 0.247 e. The summed E-state index contributed by atoms with van der Waals surface area (Å²) in [7, 11) is 3.14. The number of hydrogen-bond acceptors (Lipinski definition) is 7. The first-order valence-electron chi connectivity index (χ1n) is 13.8. The Morgan fingerprint density at radius 2 is 1.90 bits per heavy atom. The summed E-state index contributed by atoms with van der Waals surface area (Å²) in [5.41, 5.74) is 2.03. The topological polar surface area (TPSA) is 108 Å². The molecule has 2 amide bonds. The van der Waals surface area contributed by atoms with Crippen LogP contribution in [-0.2, 0) is 20.9 Å². The Hall–Kier alpha value is -3.66. The number of amides is 2. The first-order valence-corrected chi connectivity index (χ1v) is 13.8. The highest BCUT2D eigenvalue weighted by Crippen LogP contribution is 2.35. The number of ether oxygens (including phenoxy) is 3. The molecule has 0 bridgehead atoms. The lowest BCUT2D eigenvalue weighted by atomic mass is 9.94. The van der Waals surface area contributed by atoms with Gasteiger partial charge in [-0.15, -0.1) is 5.10 Å². The fourth-order valence-corrected chi connectivity index (χ4v) is 5.64. The van der Waals surface area contributed by atoms with Crippen LogP contribution in [0.5, 0.6) is 11.5 Å². The highest BCUT2D eigenvalue weighted by Gasteiger charge is 2.37. The minimum atomic E-state index is -0.941. The molecule has 2 aliphatic rings. The van der Waals surface area contributed by atoms with Crippen molar-refractivity contribution in [1.29, 1.82) is 0 Å². The number of para-hydroxylation sites is 1. The van der Waals surface area contributed by atoms with Crippen molar-refractivity contribution >= 4 is 22.8 Å². The molecule has 5 rings (SSSR count). The minimum Gasteiger partial charge on any atom is -0.497 e. The summed E-state index contributed by atoms with van der Waals surface area (Å²) in [6, 6.07) is 12.0. The van der Waals surface area contributed by atoms with E-state index in [1.807, 2.05) is 24.3 Å². The molecule has 3 aromatic rings. The van der Waals surface area contributed by atoms with Crippen LogP contribution in [0.25, 0.3) is 11.0 Å². The zero-order valence-electron chi connectivity index (χ0n) is 22.7. The summed E-state index contributed by atoms with van der Waals surface area (Å²) < 4.78 is 18.7. The van der Waals surface area contributed by atoms with Gasteiger partial charge in [0.1, 0.15) is 29.6 Å². The van der Waals surface area contributed by atoms with Gasteiger partial charge in [0.2, 0.25) is 11.8 Å². The van der Waals surface area contributed by atoms with Crippen molar-refractivity contribution in [2.24, 2.45) is 0 Å². The highest BCUT2D eigenvalue weighted by atomic mass is 16.5. The number of carbonyl (C=O) groups is 2. The van der Waals surface area contributed by atoms with Gasteiger partial charge in [0.25, 0.3) is 0 Å². The van der Waals surface area contributed by atoms with E-state index in [0.717, 1.165) is 44.0 Å². The van der Waals surface area contributed by atoms with E-state index in [9.17, 15) is 9.59 Å². The summed E-state index contributed by atoms with van der Waals surface area (Å²) in [6.45, 7) is 0.850. The van der Waals surface area contributed by atoms with E-state index < -0.39 is 6.04 Å². The standard InChI is InChI=1S/C29H37N5O5/c1-37-21-14-15-26(38-2)23(17-21)28(29(36)30-20-9-4-3-5-10-20)33(18-22-11-8-16-39-22)27(35)19-34-25-13-7-6-12-24(25)31-32-34/h6-7,12-15,17,20,22,28H,3-5,8-11,16,18-19H2,1-2H3,(H,30,36)/t22-,28+/m1/s1. The van der Waals surface area contributed by atoms with E-state index in [2.05, 4.69) is 15.6 Å². The van der Waals surface area contributed by atoms with E-state index >= 15 is 0 Å². The molecule has 1 saturated carbocycles. The molecule has 1 aliphatic heterocycles. The van der Waals surface area contributed by atoms with Crippen LogP contribution in [0.1, 0.15) is 56.6 Å². The molecule has 2 aromatic carbocycles. The highest BCUT2D eigenvalue weighted by molar-refractivity contribution is 5.90. The Morgan fingerprint density at radius 1 is 1.08 bits per heavy atom. The normalized spacial score (nSPS) is 18.6. The second-order valence-electron chi connectivity index (χ2n) is 10.3. The van der Waals surface area contributed by atoms with E-state index in [-0.39, 0.29) is 37.0 Å². The fraction of sp³-hybridized carbons (Fsp3) is 0.517. The molecule has 1 aliphatic carbocycles. The zero-order chi connectivity index (χ0) is 27.2. The van der Waals surface area contributed by atoms with Crippen LogP contribution in [0.15, 0.2) is 42.5 Å².